The first-order chi connectivity index (χ1) is 6.67. The van der Waals surface area contributed by atoms with Gasteiger partial charge in [-0.05, 0) is 31.9 Å². The van der Waals surface area contributed by atoms with Crippen molar-refractivity contribution in [1.82, 2.24) is 4.98 Å². The molecule has 14 heavy (non-hydrogen) atoms. The van der Waals surface area contributed by atoms with Gasteiger partial charge in [0.1, 0.15) is 5.15 Å². The Morgan fingerprint density at radius 1 is 1.36 bits per heavy atom. The normalized spacial score (nSPS) is 10.6. The lowest BCUT2D eigenvalue weighted by molar-refractivity contribution is 0.670. The van der Waals surface area contributed by atoms with Crippen LogP contribution in [0.15, 0.2) is 12.1 Å². The van der Waals surface area contributed by atoms with Gasteiger partial charge >= 0.3 is 0 Å². The van der Waals surface area contributed by atoms with Crippen molar-refractivity contribution in [2.45, 2.75) is 39.7 Å². The second kappa shape index (κ2) is 5.20. The van der Waals surface area contributed by atoms with E-state index in [0.717, 1.165) is 24.2 Å². The summed E-state index contributed by atoms with van der Waals surface area (Å²) in [4.78, 5) is 4.20. The SMILES string of the molecule is CCC(CC)Nc1ccc(Cl)nc1C. The number of anilines is 1. The molecule has 1 rings (SSSR count). The fourth-order valence-electron chi connectivity index (χ4n) is 1.40. The van der Waals surface area contributed by atoms with E-state index < -0.39 is 0 Å². The first-order valence-corrected chi connectivity index (χ1v) is 5.44. The third-order valence-electron chi connectivity index (χ3n) is 2.40. The van der Waals surface area contributed by atoms with Crippen molar-refractivity contribution in [1.29, 1.82) is 0 Å². The molecule has 0 saturated heterocycles. The highest BCUT2D eigenvalue weighted by Crippen LogP contribution is 2.17. The molecule has 0 atom stereocenters. The monoisotopic (exact) mass is 212 g/mol. The van der Waals surface area contributed by atoms with Crippen LogP contribution in [-0.2, 0) is 0 Å². The maximum Gasteiger partial charge on any atom is 0.129 e. The molecule has 0 radical (unpaired) electrons. The summed E-state index contributed by atoms with van der Waals surface area (Å²) in [6.07, 6.45) is 2.25. The summed E-state index contributed by atoms with van der Waals surface area (Å²) in [7, 11) is 0. The zero-order valence-electron chi connectivity index (χ0n) is 8.97. The quantitative estimate of drug-likeness (QED) is 0.771. The molecule has 1 heterocycles. The van der Waals surface area contributed by atoms with Gasteiger partial charge in [0.25, 0.3) is 0 Å². The first-order valence-electron chi connectivity index (χ1n) is 5.07. The third-order valence-corrected chi connectivity index (χ3v) is 2.61. The average molecular weight is 213 g/mol. The Morgan fingerprint density at radius 3 is 2.50 bits per heavy atom. The van der Waals surface area contributed by atoms with E-state index in [1.165, 1.54) is 0 Å². The molecule has 1 N–H and O–H groups in total. The average Bonchev–Trinajstić information content (AvgIpc) is 2.17. The molecule has 0 spiro atoms. The van der Waals surface area contributed by atoms with Gasteiger partial charge in [-0.1, -0.05) is 25.4 Å². The highest BCUT2D eigenvalue weighted by molar-refractivity contribution is 6.29. The number of hydrogen-bond donors (Lipinski definition) is 1. The summed E-state index contributed by atoms with van der Waals surface area (Å²) < 4.78 is 0. The summed E-state index contributed by atoms with van der Waals surface area (Å²) in [5.74, 6) is 0. The molecular weight excluding hydrogens is 196 g/mol. The van der Waals surface area contributed by atoms with Crippen molar-refractivity contribution in [3.8, 4) is 0 Å². The van der Waals surface area contributed by atoms with Gasteiger partial charge in [0.15, 0.2) is 0 Å². The maximum absolute atomic E-state index is 5.78. The van der Waals surface area contributed by atoms with Crippen molar-refractivity contribution in [2.75, 3.05) is 5.32 Å². The Labute approximate surface area is 90.7 Å². The topological polar surface area (TPSA) is 24.9 Å². The molecule has 0 aliphatic heterocycles. The van der Waals surface area contributed by atoms with Gasteiger partial charge in [0.05, 0.1) is 11.4 Å². The molecular formula is C11H17ClN2. The van der Waals surface area contributed by atoms with Crippen molar-refractivity contribution in [2.24, 2.45) is 0 Å². The minimum atomic E-state index is 0.525. The third kappa shape index (κ3) is 2.88. The van der Waals surface area contributed by atoms with Crippen LogP contribution < -0.4 is 5.32 Å². The Bertz CT molecular complexity index is 295. The van der Waals surface area contributed by atoms with Crippen LogP contribution in [0.25, 0.3) is 0 Å². The van der Waals surface area contributed by atoms with Gasteiger partial charge in [0.2, 0.25) is 0 Å². The van der Waals surface area contributed by atoms with E-state index in [1.54, 1.807) is 0 Å². The molecule has 3 heteroatoms. The predicted molar refractivity (Wildman–Crippen MR) is 62.0 cm³/mol. The van der Waals surface area contributed by atoms with Crippen molar-refractivity contribution in [3.05, 3.63) is 23.0 Å². The van der Waals surface area contributed by atoms with Crippen LogP contribution >= 0.6 is 11.6 Å². The number of pyridine rings is 1. The second-order valence-electron chi connectivity index (χ2n) is 3.42. The summed E-state index contributed by atoms with van der Waals surface area (Å²) >= 11 is 5.78. The Hall–Kier alpha value is -0.760. The lowest BCUT2D eigenvalue weighted by atomic mass is 10.1. The van der Waals surface area contributed by atoms with Gasteiger partial charge < -0.3 is 5.32 Å². The van der Waals surface area contributed by atoms with Crippen LogP contribution in [0.3, 0.4) is 0 Å². The molecule has 0 amide bonds. The molecule has 1 aromatic rings. The number of nitrogens with one attached hydrogen (secondary N) is 1. The van der Waals surface area contributed by atoms with Crippen molar-refractivity contribution < 1.29 is 0 Å². The van der Waals surface area contributed by atoms with E-state index in [-0.39, 0.29) is 0 Å². The second-order valence-corrected chi connectivity index (χ2v) is 3.81. The molecule has 78 valence electrons. The lowest BCUT2D eigenvalue weighted by Gasteiger charge is -2.17. The molecule has 0 bridgehead atoms. The standard InChI is InChI=1S/C11H17ClN2/c1-4-9(5-2)14-10-6-7-11(12)13-8(10)3/h6-7,9,14H,4-5H2,1-3H3. The minimum absolute atomic E-state index is 0.525. The smallest absolute Gasteiger partial charge is 0.129 e. The van der Waals surface area contributed by atoms with Crippen molar-refractivity contribution >= 4 is 17.3 Å². The Balaban J connectivity index is 2.76. The number of hydrogen-bond acceptors (Lipinski definition) is 2. The van der Waals surface area contributed by atoms with Gasteiger partial charge in [0, 0.05) is 6.04 Å². The van der Waals surface area contributed by atoms with Crippen LogP contribution in [0, 0.1) is 6.92 Å². The van der Waals surface area contributed by atoms with Gasteiger partial charge in [-0.2, -0.15) is 0 Å². The van der Waals surface area contributed by atoms with Crippen LogP contribution in [0.5, 0.6) is 0 Å². The molecule has 1 aromatic heterocycles. The molecule has 0 aliphatic rings. The number of nitrogens with zero attached hydrogens (tertiary/aromatic N) is 1. The minimum Gasteiger partial charge on any atom is -0.381 e. The lowest BCUT2D eigenvalue weighted by Crippen LogP contribution is -2.17. The van der Waals surface area contributed by atoms with Crippen LogP contribution in [-0.4, -0.2) is 11.0 Å². The maximum atomic E-state index is 5.78. The summed E-state index contributed by atoms with van der Waals surface area (Å²) in [6.45, 7) is 6.33. The fourth-order valence-corrected chi connectivity index (χ4v) is 1.59. The molecule has 0 unspecified atom stereocenters. The highest BCUT2D eigenvalue weighted by Gasteiger charge is 2.05. The summed E-state index contributed by atoms with van der Waals surface area (Å²) in [5, 5.41) is 4.01. The molecule has 0 aromatic carbocycles. The number of aryl methyl sites for hydroxylation is 1. The molecule has 0 aliphatic carbocycles. The van der Waals surface area contributed by atoms with Crippen molar-refractivity contribution in [3.63, 3.8) is 0 Å². The van der Waals surface area contributed by atoms with E-state index in [0.29, 0.717) is 11.2 Å². The number of halogens is 1. The number of rotatable bonds is 4. The van der Waals surface area contributed by atoms with Crippen LogP contribution in [0.4, 0.5) is 5.69 Å². The van der Waals surface area contributed by atoms with E-state index in [1.807, 2.05) is 19.1 Å². The van der Waals surface area contributed by atoms with Crippen LogP contribution in [0.2, 0.25) is 5.15 Å². The summed E-state index contributed by atoms with van der Waals surface area (Å²) in [6, 6.07) is 4.33. The van der Waals surface area contributed by atoms with E-state index >= 15 is 0 Å². The zero-order chi connectivity index (χ0) is 10.6. The fraction of sp³-hybridized carbons (Fsp3) is 0.545. The highest BCUT2D eigenvalue weighted by atomic mass is 35.5. The van der Waals surface area contributed by atoms with E-state index in [9.17, 15) is 0 Å². The predicted octanol–water partition coefficient (Wildman–Crippen LogP) is 3.64. The van der Waals surface area contributed by atoms with Gasteiger partial charge in [-0.25, -0.2) is 4.98 Å². The van der Waals surface area contributed by atoms with E-state index in [4.69, 9.17) is 11.6 Å². The number of aromatic nitrogens is 1. The Kier molecular flexibility index (Phi) is 4.21. The zero-order valence-corrected chi connectivity index (χ0v) is 9.73. The van der Waals surface area contributed by atoms with Gasteiger partial charge in [-0.3, -0.25) is 0 Å². The van der Waals surface area contributed by atoms with Gasteiger partial charge in [-0.15, -0.1) is 0 Å². The molecule has 0 saturated carbocycles. The summed E-state index contributed by atoms with van der Waals surface area (Å²) in [5.41, 5.74) is 2.05. The van der Waals surface area contributed by atoms with E-state index in [2.05, 4.69) is 24.1 Å². The van der Waals surface area contributed by atoms with Crippen LogP contribution in [0.1, 0.15) is 32.4 Å². The molecule has 0 fully saturated rings. The first kappa shape index (κ1) is 11.3. The molecule has 2 nitrogen and oxygen atoms in total. The Morgan fingerprint density at radius 2 is 2.00 bits per heavy atom. The largest absolute Gasteiger partial charge is 0.381 e.